The maximum atomic E-state index is 5.29. The standard InChI is InChI=1S/C16H17N3O/c1-3-16(20-12-1)8-10-17-13-14-4-6-15(7-5-14)19-11-2-9-18-19/h1-7,9,11-12,17H,8,10,13H2. The second kappa shape index (κ2) is 6.21. The van der Waals surface area contributed by atoms with Gasteiger partial charge in [-0.15, -0.1) is 0 Å². The summed E-state index contributed by atoms with van der Waals surface area (Å²) in [4.78, 5) is 0. The van der Waals surface area contributed by atoms with Crippen LogP contribution in [-0.2, 0) is 13.0 Å². The summed E-state index contributed by atoms with van der Waals surface area (Å²) in [5.41, 5.74) is 2.34. The molecule has 0 aliphatic heterocycles. The zero-order valence-electron chi connectivity index (χ0n) is 11.2. The maximum absolute atomic E-state index is 5.29. The molecular weight excluding hydrogens is 250 g/mol. The Kier molecular flexibility index (Phi) is 3.94. The molecule has 0 saturated carbocycles. The van der Waals surface area contributed by atoms with E-state index < -0.39 is 0 Å². The van der Waals surface area contributed by atoms with Crippen molar-refractivity contribution in [1.29, 1.82) is 0 Å². The van der Waals surface area contributed by atoms with Crippen LogP contribution in [0.2, 0.25) is 0 Å². The van der Waals surface area contributed by atoms with Gasteiger partial charge in [-0.25, -0.2) is 4.68 Å². The van der Waals surface area contributed by atoms with Crippen LogP contribution in [-0.4, -0.2) is 16.3 Å². The molecule has 0 aliphatic rings. The lowest BCUT2D eigenvalue weighted by Gasteiger charge is -2.06. The summed E-state index contributed by atoms with van der Waals surface area (Å²) in [6.07, 6.45) is 6.35. The van der Waals surface area contributed by atoms with Crippen molar-refractivity contribution in [3.8, 4) is 5.69 Å². The van der Waals surface area contributed by atoms with E-state index >= 15 is 0 Å². The van der Waals surface area contributed by atoms with Gasteiger partial charge in [0.05, 0.1) is 12.0 Å². The fourth-order valence-corrected chi connectivity index (χ4v) is 2.09. The fraction of sp³-hybridized carbons (Fsp3) is 0.188. The van der Waals surface area contributed by atoms with E-state index in [2.05, 4.69) is 34.7 Å². The second-order valence-electron chi connectivity index (χ2n) is 4.62. The molecule has 4 nitrogen and oxygen atoms in total. The highest BCUT2D eigenvalue weighted by molar-refractivity contribution is 5.33. The number of rotatable bonds is 6. The molecule has 2 aromatic heterocycles. The van der Waals surface area contributed by atoms with E-state index in [1.54, 1.807) is 12.5 Å². The molecule has 0 amide bonds. The molecule has 0 radical (unpaired) electrons. The topological polar surface area (TPSA) is 43.0 Å². The Morgan fingerprint density at radius 1 is 1.10 bits per heavy atom. The van der Waals surface area contributed by atoms with E-state index in [9.17, 15) is 0 Å². The van der Waals surface area contributed by atoms with Crippen LogP contribution in [0, 0.1) is 0 Å². The second-order valence-corrected chi connectivity index (χ2v) is 4.62. The Balaban J connectivity index is 1.48. The lowest BCUT2D eigenvalue weighted by Crippen LogP contribution is -2.16. The molecule has 0 saturated heterocycles. The molecule has 4 heteroatoms. The number of hydrogen-bond acceptors (Lipinski definition) is 3. The van der Waals surface area contributed by atoms with Crippen LogP contribution in [0.5, 0.6) is 0 Å². The monoisotopic (exact) mass is 267 g/mol. The molecule has 0 aliphatic carbocycles. The molecule has 3 rings (SSSR count). The van der Waals surface area contributed by atoms with Gasteiger partial charge in [-0.3, -0.25) is 0 Å². The van der Waals surface area contributed by atoms with Crippen molar-refractivity contribution < 1.29 is 4.42 Å². The van der Waals surface area contributed by atoms with Crippen LogP contribution in [0.15, 0.2) is 65.5 Å². The third kappa shape index (κ3) is 3.16. The first-order valence-corrected chi connectivity index (χ1v) is 6.74. The van der Waals surface area contributed by atoms with E-state index in [4.69, 9.17) is 4.42 Å². The maximum Gasteiger partial charge on any atom is 0.105 e. The first-order valence-electron chi connectivity index (χ1n) is 6.74. The highest BCUT2D eigenvalue weighted by Crippen LogP contribution is 2.08. The van der Waals surface area contributed by atoms with Gasteiger partial charge in [0.25, 0.3) is 0 Å². The van der Waals surface area contributed by atoms with E-state index in [-0.39, 0.29) is 0 Å². The van der Waals surface area contributed by atoms with Gasteiger partial charge >= 0.3 is 0 Å². The number of aromatic nitrogens is 2. The van der Waals surface area contributed by atoms with Crippen LogP contribution in [0.1, 0.15) is 11.3 Å². The average Bonchev–Trinajstić information content (AvgIpc) is 3.17. The Bertz CT molecular complexity index is 612. The largest absolute Gasteiger partial charge is 0.469 e. The summed E-state index contributed by atoms with van der Waals surface area (Å²) in [5.74, 6) is 1.02. The predicted octanol–water partition coefficient (Wildman–Crippen LogP) is 2.80. The van der Waals surface area contributed by atoms with Crippen molar-refractivity contribution >= 4 is 0 Å². The fourth-order valence-electron chi connectivity index (χ4n) is 2.09. The van der Waals surface area contributed by atoms with Crippen molar-refractivity contribution in [2.75, 3.05) is 6.54 Å². The lowest BCUT2D eigenvalue weighted by molar-refractivity contribution is 0.499. The molecule has 20 heavy (non-hydrogen) atoms. The van der Waals surface area contributed by atoms with Crippen molar-refractivity contribution in [2.45, 2.75) is 13.0 Å². The molecule has 2 heterocycles. The third-order valence-corrected chi connectivity index (χ3v) is 3.16. The summed E-state index contributed by atoms with van der Waals surface area (Å²) in [7, 11) is 0. The smallest absolute Gasteiger partial charge is 0.105 e. The Morgan fingerprint density at radius 2 is 2.00 bits per heavy atom. The van der Waals surface area contributed by atoms with E-state index in [0.717, 1.165) is 31.0 Å². The first kappa shape index (κ1) is 12.7. The Hall–Kier alpha value is -2.33. The van der Waals surface area contributed by atoms with Gasteiger partial charge in [-0.2, -0.15) is 5.10 Å². The molecule has 0 fully saturated rings. The number of hydrogen-bond donors (Lipinski definition) is 1. The molecule has 0 bridgehead atoms. The third-order valence-electron chi connectivity index (χ3n) is 3.16. The van der Waals surface area contributed by atoms with E-state index in [1.165, 1.54) is 5.56 Å². The molecule has 102 valence electrons. The van der Waals surface area contributed by atoms with Gasteiger partial charge in [-0.1, -0.05) is 12.1 Å². The summed E-state index contributed by atoms with van der Waals surface area (Å²) < 4.78 is 7.15. The van der Waals surface area contributed by atoms with Crippen molar-refractivity contribution in [1.82, 2.24) is 15.1 Å². The molecule has 0 spiro atoms. The minimum atomic E-state index is 0.861. The van der Waals surface area contributed by atoms with Crippen LogP contribution in [0.25, 0.3) is 5.69 Å². The van der Waals surface area contributed by atoms with Gasteiger partial charge in [0.2, 0.25) is 0 Å². The number of furan rings is 1. The zero-order chi connectivity index (χ0) is 13.6. The van der Waals surface area contributed by atoms with Crippen molar-refractivity contribution in [3.63, 3.8) is 0 Å². The van der Waals surface area contributed by atoms with Crippen LogP contribution in [0.4, 0.5) is 0 Å². The van der Waals surface area contributed by atoms with E-state index in [0.29, 0.717) is 0 Å². The molecule has 3 aromatic rings. The van der Waals surface area contributed by atoms with Gasteiger partial charge in [-0.05, 0) is 35.9 Å². The van der Waals surface area contributed by atoms with Gasteiger partial charge in [0.15, 0.2) is 0 Å². The molecule has 1 N–H and O–H groups in total. The molecule has 0 atom stereocenters. The Morgan fingerprint density at radius 3 is 2.70 bits per heavy atom. The normalized spacial score (nSPS) is 10.8. The minimum Gasteiger partial charge on any atom is -0.469 e. The van der Waals surface area contributed by atoms with Crippen molar-refractivity contribution in [3.05, 3.63) is 72.4 Å². The van der Waals surface area contributed by atoms with Crippen LogP contribution < -0.4 is 5.32 Å². The van der Waals surface area contributed by atoms with E-state index in [1.807, 2.05) is 29.1 Å². The number of benzene rings is 1. The summed E-state index contributed by atoms with van der Waals surface area (Å²) in [6.45, 7) is 1.77. The first-order chi connectivity index (χ1) is 9.92. The van der Waals surface area contributed by atoms with Gasteiger partial charge < -0.3 is 9.73 Å². The highest BCUT2D eigenvalue weighted by atomic mass is 16.3. The molecule has 0 unspecified atom stereocenters. The summed E-state index contributed by atoms with van der Waals surface area (Å²) >= 11 is 0. The molecular formula is C16H17N3O. The SMILES string of the molecule is c1coc(CCNCc2ccc(-n3cccn3)cc2)c1. The summed E-state index contributed by atoms with van der Waals surface area (Å²) in [6, 6.07) is 14.2. The van der Waals surface area contributed by atoms with Gasteiger partial charge in [0, 0.05) is 31.9 Å². The number of nitrogens with zero attached hydrogens (tertiary/aromatic N) is 2. The van der Waals surface area contributed by atoms with Crippen LogP contribution >= 0.6 is 0 Å². The average molecular weight is 267 g/mol. The quantitative estimate of drug-likeness (QED) is 0.698. The zero-order valence-corrected chi connectivity index (χ0v) is 11.2. The molecule has 1 aromatic carbocycles. The minimum absolute atomic E-state index is 0.861. The Labute approximate surface area is 118 Å². The van der Waals surface area contributed by atoms with Crippen molar-refractivity contribution in [2.24, 2.45) is 0 Å². The lowest BCUT2D eigenvalue weighted by atomic mass is 10.2. The van der Waals surface area contributed by atoms with Crippen LogP contribution in [0.3, 0.4) is 0 Å². The highest BCUT2D eigenvalue weighted by Gasteiger charge is 1.98. The van der Waals surface area contributed by atoms with Gasteiger partial charge in [0.1, 0.15) is 5.76 Å². The summed E-state index contributed by atoms with van der Waals surface area (Å²) in [5, 5.41) is 7.62. The predicted molar refractivity (Wildman–Crippen MR) is 77.7 cm³/mol. The number of nitrogens with one attached hydrogen (secondary N) is 1.